The average molecular weight is 404 g/mol. The van der Waals surface area contributed by atoms with E-state index < -0.39 is 0 Å². The number of rotatable bonds is 9. The number of hydrogen-bond acceptors (Lipinski definition) is 7. The van der Waals surface area contributed by atoms with Crippen LogP contribution in [0.25, 0.3) is 0 Å². The zero-order chi connectivity index (χ0) is 19.6. The third kappa shape index (κ3) is 6.35. The largest absolute Gasteiger partial charge is 0.492 e. The van der Waals surface area contributed by atoms with Crippen LogP contribution in [0.5, 0.6) is 5.75 Å². The molecule has 1 aromatic heterocycles. The number of piperazine rings is 1. The summed E-state index contributed by atoms with van der Waals surface area (Å²) in [6.45, 7) is 8.04. The first-order valence-corrected chi connectivity index (χ1v) is 9.97. The molecule has 0 saturated carbocycles. The summed E-state index contributed by atoms with van der Waals surface area (Å²) in [6.07, 6.45) is 2.67. The van der Waals surface area contributed by atoms with Crippen molar-refractivity contribution in [3.63, 3.8) is 0 Å². The molecule has 2 aromatic rings. The predicted octanol–water partition coefficient (Wildman–Crippen LogP) is 3.09. The van der Waals surface area contributed by atoms with Crippen molar-refractivity contribution in [3.05, 3.63) is 47.1 Å². The van der Waals surface area contributed by atoms with Crippen molar-refractivity contribution in [2.24, 2.45) is 5.16 Å². The Morgan fingerprint density at radius 3 is 2.50 bits per heavy atom. The second-order valence-corrected chi connectivity index (χ2v) is 6.92. The molecule has 150 valence electrons. The van der Waals surface area contributed by atoms with Crippen molar-refractivity contribution in [3.8, 4) is 5.75 Å². The van der Waals surface area contributed by atoms with Gasteiger partial charge in [0.2, 0.25) is 0 Å². The summed E-state index contributed by atoms with van der Waals surface area (Å²) in [5.74, 6) is 1.74. The summed E-state index contributed by atoms with van der Waals surface area (Å²) in [5.41, 5.74) is 0.991. The van der Waals surface area contributed by atoms with E-state index in [1.54, 1.807) is 12.3 Å². The lowest BCUT2D eigenvalue weighted by molar-refractivity contribution is 0.146. The van der Waals surface area contributed by atoms with Crippen LogP contribution in [0, 0.1) is 0 Å². The highest BCUT2D eigenvalue weighted by atomic mass is 35.5. The van der Waals surface area contributed by atoms with Crippen molar-refractivity contribution < 1.29 is 9.57 Å². The number of anilines is 1. The molecule has 0 bridgehead atoms. The smallest absolute Gasteiger partial charge is 0.151 e. The zero-order valence-electron chi connectivity index (χ0n) is 16.1. The van der Waals surface area contributed by atoms with Crippen LogP contribution < -0.4 is 9.64 Å². The van der Waals surface area contributed by atoms with Crippen LogP contribution in [0.15, 0.2) is 41.6 Å². The molecule has 0 unspecified atom stereocenters. The molecule has 0 amide bonds. The number of ether oxygens (including phenoxy) is 1. The third-order valence-corrected chi connectivity index (χ3v) is 4.64. The van der Waals surface area contributed by atoms with E-state index in [2.05, 4.69) is 32.1 Å². The second kappa shape index (κ2) is 10.8. The normalized spacial score (nSPS) is 15.1. The molecular formula is C20H26ClN5O2. The summed E-state index contributed by atoms with van der Waals surface area (Å²) < 4.78 is 5.86. The van der Waals surface area contributed by atoms with Crippen LogP contribution >= 0.6 is 11.6 Å². The topological polar surface area (TPSA) is 63.1 Å². The Balaban J connectivity index is 1.35. The average Bonchev–Trinajstić information content (AvgIpc) is 2.73. The lowest BCUT2D eigenvalue weighted by Crippen LogP contribution is -2.47. The number of aromatic nitrogens is 2. The number of halogens is 1. The quantitative estimate of drug-likeness (QED) is 0.364. The minimum atomic E-state index is 0.421. The molecule has 28 heavy (non-hydrogen) atoms. The van der Waals surface area contributed by atoms with Gasteiger partial charge in [0.15, 0.2) is 11.0 Å². The highest BCUT2D eigenvalue weighted by Crippen LogP contribution is 2.15. The van der Waals surface area contributed by atoms with Crippen molar-refractivity contribution >= 4 is 23.6 Å². The first-order chi connectivity index (χ1) is 13.7. The highest BCUT2D eigenvalue weighted by Gasteiger charge is 2.18. The van der Waals surface area contributed by atoms with Crippen LogP contribution in [0.2, 0.25) is 5.15 Å². The van der Waals surface area contributed by atoms with Gasteiger partial charge >= 0.3 is 0 Å². The van der Waals surface area contributed by atoms with E-state index in [1.165, 1.54) is 0 Å². The van der Waals surface area contributed by atoms with Crippen molar-refractivity contribution in [2.45, 2.75) is 13.3 Å². The summed E-state index contributed by atoms with van der Waals surface area (Å²) in [7, 11) is 0. The molecule has 0 N–H and O–H groups in total. The Morgan fingerprint density at radius 2 is 1.82 bits per heavy atom. The van der Waals surface area contributed by atoms with Crippen molar-refractivity contribution in [1.29, 1.82) is 0 Å². The van der Waals surface area contributed by atoms with Gasteiger partial charge in [0, 0.05) is 32.7 Å². The third-order valence-electron chi connectivity index (χ3n) is 4.44. The number of nitrogens with zero attached hydrogens (tertiary/aromatic N) is 5. The Labute approximate surface area is 170 Å². The van der Waals surface area contributed by atoms with Gasteiger partial charge in [0.05, 0.1) is 6.21 Å². The van der Waals surface area contributed by atoms with E-state index in [1.807, 2.05) is 30.3 Å². The van der Waals surface area contributed by atoms with E-state index in [0.29, 0.717) is 18.4 Å². The van der Waals surface area contributed by atoms with Gasteiger partial charge in [0.25, 0.3) is 0 Å². The van der Waals surface area contributed by atoms with E-state index >= 15 is 0 Å². The summed E-state index contributed by atoms with van der Waals surface area (Å²) in [5, 5.41) is 12.4. The van der Waals surface area contributed by atoms with Gasteiger partial charge in [-0.3, -0.25) is 4.90 Å². The fourth-order valence-electron chi connectivity index (χ4n) is 2.86. The first-order valence-electron chi connectivity index (χ1n) is 9.59. The van der Waals surface area contributed by atoms with Gasteiger partial charge in [-0.15, -0.1) is 10.2 Å². The van der Waals surface area contributed by atoms with Gasteiger partial charge in [-0.05, 0) is 48.4 Å². The maximum absolute atomic E-state index is 5.86. The molecule has 7 nitrogen and oxygen atoms in total. The van der Waals surface area contributed by atoms with E-state index in [0.717, 1.165) is 56.3 Å². The van der Waals surface area contributed by atoms with E-state index in [4.69, 9.17) is 21.2 Å². The van der Waals surface area contributed by atoms with E-state index in [9.17, 15) is 0 Å². The molecule has 0 radical (unpaired) electrons. The van der Waals surface area contributed by atoms with Gasteiger partial charge < -0.3 is 14.5 Å². The lowest BCUT2D eigenvalue weighted by Gasteiger charge is -2.35. The summed E-state index contributed by atoms with van der Waals surface area (Å²) >= 11 is 5.80. The number of benzene rings is 1. The fraction of sp³-hybridized carbons (Fsp3) is 0.450. The zero-order valence-corrected chi connectivity index (χ0v) is 16.9. The highest BCUT2D eigenvalue weighted by molar-refractivity contribution is 6.29. The van der Waals surface area contributed by atoms with Crippen molar-refractivity contribution in [2.75, 3.05) is 50.8 Å². The Hall–Kier alpha value is -2.38. The molecular weight excluding hydrogens is 378 g/mol. The van der Waals surface area contributed by atoms with Crippen LogP contribution in [-0.4, -0.2) is 67.2 Å². The lowest BCUT2D eigenvalue weighted by atomic mass is 10.2. The molecule has 8 heteroatoms. The van der Waals surface area contributed by atoms with E-state index in [-0.39, 0.29) is 0 Å². The van der Waals surface area contributed by atoms with Gasteiger partial charge in [-0.25, -0.2) is 0 Å². The van der Waals surface area contributed by atoms with Crippen molar-refractivity contribution in [1.82, 2.24) is 15.1 Å². The first kappa shape index (κ1) is 20.4. The number of hydrogen-bond donors (Lipinski definition) is 0. The molecule has 0 spiro atoms. The molecule has 1 saturated heterocycles. The standard InChI is InChI=1S/C20H26ClN5O2/c1-2-14-28-22-16-17-3-5-18(6-4-17)27-15-13-25-9-11-26(12-10-25)20-8-7-19(21)23-24-20/h3-8,16H,2,9-15H2,1H3. The van der Waals surface area contributed by atoms with Gasteiger partial charge in [-0.1, -0.05) is 23.7 Å². The molecule has 1 aliphatic rings. The maximum atomic E-state index is 5.86. The fourth-order valence-corrected chi connectivity index (χ4v) is 2.96. The van der Waals surface area contributed by atoms with Gasteiger partial charge in [-0.2, -0.15) is 0 Å². The van der Waals surface area contributed by atoms with Crippen LogP contribution in [0.4, 0.5) is 5.82 Å². The van der Waals surface area contributed by atoms with Crippen LogP contribution in [0.1, 0.15) is 18.9 Å². The Morgan fingerprint density at radius 1 is 1.04 bits per heavy atom. The molecule has 1 aromatic carbocycles. The molecule has 0 aliphatic carbocycles. The molecule has 3 rings (SSSR count). The molecule has 1 aliphatic heterocycles. The maximum Gasteiger partial charge on any atom is 0.151 e. The Bertz CT molecular complexity index is 731. The minimum Gasteiger partial charge on any atom is -0.492 e. The van der Waals surface area contributed by atoms with Crippen LogP contribution in [0.3, 0.4) is 0 Å². The summed E-state index contributed by atoms with van der Waals surface area (Å²) in [4.78, 5) is 9.73. The monoisotopic (exact) mass is 403 g/mol. The molecule has 0 atom stereocenters. The minimum absolute atomic E-state index is 0.421. The second-order valence-electron chi connectivity index (χ2n) is 6.53. The number of oxime groups is 1. The Kier molecular flexibility index (Phi) is 7.87. The van der Waals surface area contributed by atoms with Gasteiger partial charge in [0.1, 0.15) is 19.0 Å². The summed E-state index contributed by atoms with van der Waals surface area (Å²) in [6, 6.07) is 11.6. The predicted molar refractivity (Wildman–Crippen MR) is 111 cm³/mol. The SMILES string of the molecule is CCCON=Cc1ccc(OCCN2CCN(c3ccc(Cl)nn3)CC2)cc1. The van der Waals surface area contributed by atoms with Crippen LogP contribution in [-0.2, 0) is 4.84 Å². The molecule has 1 fully saturated rings. The molecule has 2 heterocycles.